The molecular formula is C16H23N. The fourth-order valence-corrected chi connectivity index (χ4v) is 4.06. The lowest BCUT2D eigenvalue weighted by Gasteiger charge is -2.34. The van der Waals surface area contributed by atoms with Crippen LogP contribution in [0.1, 0.15) is 44.1 Å². The normalized spacial score (nSPS) is 35.4. The van der Waals surface area contributed by atoms with Crippen molar-refractivity contribution in [1.82, 2.24) is 0 Å². The fourth-order valence-electron chi connectivity index (χ4n) is 4.06. The summed E-state index contributed by atoms with van der Waals surface area (Å²) in [5, 5.41) is 0. The summed E-state index contributed by atoms with van der Waals surface area (Å²) in [7, 11) is 0. The first-order valence-corrected chi connectivity index (χ1v) is 7.09. The van der Waals surface area contributed by atoms with E-state index in [0.717, 1.165) is 11.8 Å². The van der Waals surface area contributed by atoms with E-state index in [-0.39, 0.29) is 5.54 Å². The van der Waals surface area contributed by atoms with Gasteiger partial charge in [0.2, 0.25) is 0 Å². The molecule has 3 atom stereocenters. The Labute approximate surface area is 104 Å². The van der Waals surface area contributed by atoms with Crippen molar-refractivity contribution in [3.8, 4) is 0 Å². The highest BCUT2D eigenvalue weighted by molar-refractivity contribution is 5.15. The summed E-state index contributed by atoms with van der Waals surface area (Å²) >= 11 is 0. The Morgan fingerprint density at radius 1 is 1.18 bits per heavy atom. The summed E-state index contributed by atoms with van der Waals surface area (Å²) in [6.07, 6.45) is 9.23. The van der Waals surface area contributed by atoms with Gasteiger partial charge in [0, 0.05) is 5.54 Å². The predicted molar refractivity (Wildman–Crippen MR) is 71.7 cm³/mol. The van der Waals surface area contributed by atoms with E-state index in [1.54, 1.807) is 0 Å². The summed E-state index contributed by atoms with van der Waals surface area (Å²) in [5.74, 6) is 1.80. The maximum Gasteiger partial charge on any atom is 0.0185 e. The van der Waals surface area contributed by atoms with Gasteiger partial charge in [-0.3, -0.25) is 0 Å². The van der Waals surface area contributed by atoms with Crippen LogP contribution in [0.3, 0.4) is 0 Å². The molecular weight excluding hydrogens is 206 g/mol. The molecule has 2 saturated carbocycles. The van der Waals surface area contributed by atoms with Gasteiger partial charge in [0.05, 0.1) is 0 Å². The second-order valence-electron chi connectivity index (χ2n) is 6.15. The number of benzene rings is 1. The van der Waals surface area contributed by atoms with E-state index < -0.39 is 0 Å². The van der Waals surface area contributed by atoms with Gasteiger partial charge < -0.3 is 5.73 Å². The smallest absolute Gasteiger partial charge is 0.0185 e. The third-order valence-corrected chi connectivity index (χ3v) is 4.97. The zero-order chi connectivity index (χ0) is 11.7. The Kier molecular flexibility index (Phi) is 2.96. The maximum absolute atomic E-state index is 6.61. The van der Waals surface area contributed by atoms with Crippen molar-refractivity contribution in [1.29, 1.82) is 0 Å². The van der Waals surface area contributed by atoms with Crippen molar-refractivity contribution in [3.05, 3.63) is 35.9 Å². The predicted octanol–water partition coefficient (Wildman–Crippen LogP) is 3.53. The van der Waals surface area contributed by atoms with Crippen LogP contribution in [0.5, 0.6) is 0 Å². The maximum atomic E-state index is 6.61. The Morgan fingerprint density at radius 2 is 2.00 bits per heavy atom. The van der Waals surface area contributed by atoms with Crippen LogP contribution in [-0.2, 0) is 6.42 Å². The van der Waals surface area contributed by atoms with Gasteiger partial charge in [0.15, 0.2) is 0 Å². The van der Waals surface area contributed by atoms with Crippen LogP contribution < -0.4 is 5.73 Å². The Morgan fingerprint density at radius 3 is 2.65 bits per heavy atom. The monoisotopic (exact) mass is 229 g/mol. The van der Waals surface area contributed by atoms with Gasteiger partial charge in [-0.2, -0.15) is 0 Å². The van der Waals surface area contributed by atoms with Crippen LogP contribution in [-0.4, -0.2) is 5.54 Å². The van der Waals surface area contributed by atoms with Gasteiger partial charge in [0.25, 0.3) is 0 Å². The minimum Gasteiger partial charge on any atom is -0.325 e. The molecule has 92 valence electrons. The average Bonchev–Trinajstić information content (AvgIpc) is 2.90. The lowest BCUT2D eigenvalue weighted by Crippen LogP contribution is -2.44. The lowest BCUT2D eigenvalue weighted by atomic mass is 9.78. The standard InChI is InChI=1S/C16H23N/c17-16(12-14-8-9-15(16)11-14)10-4-7-13-5-2-1-3-6-13/h1-3,5-6,14-15H,4,7-12,17H2. The van der Waals surface area contributed by atoms with E-state index in [9.17, 15) is 0 Å². The van der Waals surface area contributed by atoms with E-state index in [1.165, 1.54) is 50.5 Å². The van der Waals surface area contributed by atoms with Crippen LogP contribution in [0.25, 0.3) is 0 Å². The van der Waals surface area contributed by atoms with Gasteiger partial charge in [-0.15, -0.1) is 0 Å². The Hall–Kier alpha value is -0.820. The number of aryl methyl sites for hydroxylation is 1. The molecule has 0 spiro atoms. The fraction of sp³-hybridized carbons (Fsp3) is 0.625. The zero-order valence-electron chi connectivity index (χ0n) is 10.6. The average molecular weight is 229 g/mol. The molecule has 2 N–H and O–H groups in total. The molecule has 0 amide bonds. The molecule has 2 aliphatic rings. The molecule has 0 aromatic heterocycles. The summed E-state index contributed by atoms with van der Waals surface area (Å²) in [5.41, 5.74) is 8.26. The molecule has 3 unspecified atom stereocenters. The summed E-state index contributed by atoms with van der Waals surface area (Å²) < 4.78 is 0. The molecule has 0 aliphatic heterocycles. The van der Waals surface area contributed by atoms with E-state index in [4.69, 9.17) is 5.73 Å². The molecule has 3 rings (SSSR count). The Bertz CT molecular complexity index is 372. The van der Waals surface area contributed by atoms with Gasteiger partial charge in [-0.1, -0.05) is 36.8 Å². The molecule has 1 heteroatoms. The first kappa shape index (κ1) is 11.3. The van der Waals surface area contributed by atoms with Gasteiger partial charge >= 0.3 is 0 Å². The molecule has 2 aliphatic carbocycles. The molecule has 0 heterocycles. The van der Waals surface area contributed by atoms with Crippen LogP contribution in [0.15, 0.2) is 30.3 Å². The van der Waals surface area contributed by atoms with Crippen LogP contribution in [0, 0.1) is 11.8 Å². The highest BCUT2D eigenvalue weighted by Gasteiger charge is 2.47. The lowest BCUT2D eigenvalue weighted by molar-refractivity contribution is 0.249. The zero-order valence-corrected chi connectivity index (χ0v) is 10.6. The molecule has 1 aromatic rings. The number of hydrogen-bond donors (Lipinski definition) is 1. The minimum atomic E-state index is 0.192. The van der Waals surface area contributed by atoms with Gasteiger partial charge in [0.1, 0.15) is 0 Å². The number of fused-ring (bicyclic) bond motifs is 2. The Balaban J connectivity index is 1.52. The largest absolute Gasteiger partial charge is 0.325 e. The first-order valence-electron chi connectivity index (χ1n) is 7.09. The third-order valence-electron chi connectivity index (χ3n) is 4.97. The van der Waals surface area contributed by atoms with Crippen molar-refractivity contribution in [2.45, 2.75) is 50.5 Å². The second kappa shape index (κ2) is 4.45. The molecule has 2 fully saturated rings. The number of rotatable bonds is 4. The van der Waals surface area contributed by atoms with E-state index >= 15 is 0 Å². The molecule has 17 heavy (non-hydrogen) atoms. The summed E-state index contributed by atoms with van der Waals surface area (Å²) in [6, 6.07) is 10.8. The summed E-state index contributed by atoms with van der Waals surface area (Å²) in [6.45, 7) is 0. The molecule has 0 saturated heterocycles. The van der Waals surface area contributed by atoms with E-state index in [1.807, 2.05) is 0 Å². The molecule has 0 radical (unpaired) electrons. The van der Waals surface area contributed by atoms with Gasteiger partial charge in [-0.05, 0) is 55.9 Å². The highest BCUT2D eigenvalue weighted by atomic mass is 14.8. The molecule has 2 bridgehead atoms. The third kappa shape index (κ3) is 2.26. The van der Waals surface area contributed by atoms with Crippen molar-refractivity contribution in [2.24, 2.45) is 17.6 Å². The molecule has 1 aromatic carbocycles. The summed E-state index contributed by atoms with van der Waals surface area (Å²) in [4.78, 5) is 0. The number of nitrogens with two attached hydrogens (primary N) is 1. The van der Waals surface area contributed by atoms with E-state index in [0.29, 0.717) is 0 Å². The highest BCUT2D eigenvalue weighted by Crippen LogP contribution is 2.51. The SMILES string of the molecule is NC1(CCCc2ccccc2)CC2CCC1C2. The van der Waals surface area contributed by atoms with Crippen molar-refractivity contribution < 1.29 is 0 Å². The van der Waals surface area contributed by atoms with Crippen molar-refractivity contribution >= 4 is 0 Å². The molecule has 1 nitrogen and oxygen atoms in total. The topological polar surface area (TPSA) is 26.0 Å². The minimum absolute atomic E-state index is 0.192. The van der Waals surface area contributed by atoms with Crippen LogP contribution >= 0.6 is 0 Å². The van der Waals surface area contributed by atoms with Crippen molar-refractivity contribution in [3.63, 3.8) is 0 Å². The van der Waals surface area contributed by atoms with Crippen LogP contribution in [0.2, 0.25) is 0 Å². The van der Waals surface area contributed by atoms with E-state index in [2.05, 4.69) is 30.3 Å². The second-order valence-corrected chi connectivity index (χ2v) is 6.15. The van der Waals surface area contributed by atoms with Crippen molar-refractivity contribution in [2.75, 3.05) is 0 Å². The number of hydrogen-bond acceptors (Lipinski definition) is 1. The quantitative estimate of drug-likeness (QED) is 0.840. The van der Waals surface area contributed by atoms with Gasteiger partial charge in [-0.25, -0.2) is 0 Å². The van der Waals surface area contributed by atoms with Crippen LogP contribution in [0.4, 0.5) is 0 Å². The first-order chi connectivity index (χ1) is 8.26.